The standard InChI is InChI=1S/C37H58O8.C22H30O6/c1-7-9-10-11-12-13-14-15-16-17-30(39)45-36-20-26(5)37(43)28(31(36)34(36,6)23-44-33(41)24(3)8-2)19-27(22-38)21-35(42)29(37)18-25(4)32(35)40;1-11-6-16-20(26,18(11)25)9-14(10-23)7-15-17-19(4,5)21(17,28-13(3)24)8-12(2)22(15,16)27/h18-19,24,26,28-29,31,38,42-43H,7-17,20-23H2,1-6H3;6-7,12,15-17,23,26-27H,8-10H2,1-5H3/t24?,26-,28+,29-,31-,34-,35-,36+,37-;12-,15+,16-,17-,20-,21+,22-/m11/s1. The Labute approximate surface area is 433 Å². The highest BCUT2D eigenvalue weighted by atomic mass is 16.6. The smallest absolute Gasteiger partial charge is 0.308 e. The summed E-state index contributed by atoms with van der Waals surface area (Å²) < 4.78 is 18.1. The molecule has 0 aromatic rings. The fourth-order valence-corrected chi connectivity index (χ4v) is 15.8. The van der Waals surface area contributed by atoms with Gasteiger partial charge in [0.1, 0.15) is 29.0 Å². The summed E-state index contributed by atoms with van der Waals surface area (Å²) in [6.07, 6.45) is 18.9. The molecule has 16 atom stereocenters. The van der Waals surface area contributed by atoms with Crippen molar-refractivity contribution in [3.63, 3.8) is 0 Å². The van der Waals surface area contributed by atoms with Crippen molar-refractivity contribution in [2.75, 3.05) is 19.8 Å². The summed E-state index contributed by atoms with van der Waals surface area (Å²) in [4.78, 5) is 64.2. The molecule has 0 aliphatic heterocycles. The number of aliphatic hydroxyl groups excluding tert-OH is 2. The minimum atomic E-state index is -1.86. The van der Waals surface area contributed by atoms with Gasteiger partial charge in [0.05, 0.1) is 30.3 Å². The second-order valence-electron chi connectivity index (χ2n) is 25.0. The number of hydrogen-bond acceptors (Lipinski definition) is 14. The normalized spacial score (nSPS) is 41.7. The van der Waals surface area contributed by atoms with Crippen LogP contribution in [0.15, 0.2) is 46.6 Å². The van der Waals surface area contributed by atoms with Crippen molar-refractivity contribution in [2.45, 2.75) is 206 Å². The molecule has 14 heteroatoms. The zero-order valence-electron chi connectivity index (χ0n) is 45.7. The lowest BCUT2D eigenvalue weighted by atomic mass is 9.60. The topological polar surface area (TPSA) is 234 Å². The molecule has 73 heavy (non-hydrogen) atoms. The molecule has 0 amide bonds. The minimum absolute atomic E-state index is 0.0000834. The zero-order valence-corrected chi connectivity index (χ0v) is 45.7. The number of rotatable bonds is 18. The summed E-state index contributed by atoms with van der Waals surface area (Å²) in [5, 5.41) is 68.2. The van der Waals surface area contributed by atoms with Gasteiger partial charge in [-0.25, -0.2) is 0 Å². The van der Waals surface area contributed by atoms with Gasteiger partial charge in [0, 0.05) is 72.5 Å². The first-order chi connectivity index (χ1) is 34.1. The third kappa shape index (κ3) is 8.99. The van der Waals surface area contributed by atoms with Crippen molar-refractivity contribution in [2.24, 2.45) is 64.1 Å². The van der Waals surface area contributed by atoms with Crippen LogP contribution in [0.2, 0.25) is 0 Å². The molecule has 408 valence electrons. The molecule has 0 radical (unpaired) electrons. The number of carbonyl (C=O) groups is 5. The van der Waals surface area contributed by atoms with Gasteiger partial charge in [0.15, 0.2) is 11.6 Å². The first-order valence-corrected chi connectivity index (χ1v) is 27.7. The lowest BCUT2D eigenvalue weighted by Gasteiger charge is -2.50. The lowest BCUT2D eigenvalue weighted by molar-refractivity contribution is -0.187. The van der Waals surface area contributed by atoms with Crippen LogP contribution >= 0.6 is 0 Å². The molecule has 0 saturated heterocycles. The molecule has 0 spiro atoms. The minimum Gasteiger partial charge on any atom is -0.465 e. The summed E-state index contributed by atoms with van der Waals surface area (Å²) in [6, 6.07) is 0. The van der Waals surface area contributed by atoms with E-state index in [4.69, 9.17) is 14.2 Å². The Morgan fingerprint density at radius 2 is 1.12 bits per heavy atom. The number of carbonyl (C=O) groups excluding carboxylic acids is 5. The molecule has 1 unspecified atom stereocenters. The van der Waals surface area contributed by atoms with Crippen LogP contribution in [-0.2, 0) is 38.2 Å². The van der Waals surface area contributed by atoms with E-state index in [1.807, 2.05) is 54.5 Å². The Morgan fingerprint density at radius 1 is 0.671 bits per heavy atom. The first kappa shape index (κ1) is 57.2. The number of aliphatic hydroxyl groups is 6. The van der Waals surface area contributed by atoms with Gasteiger partial charge in [0.25, 0.3) is 0 Å². The van der Waals surface area contributed by atoms with Gasteiger partial charge in [-0.3, -0.25) is 24.0 Å². The predicted octanol–water partition coefficient (Wildman–Crippen LogP) is 7.53. The number of ether oxygens (including phenoxy) is 3. The van der Waals surface area contributed by atoms with Gasteiger partial charge in [-0.2, -0.15) is 0 Å². The molecule has 8 rings (SSSR count). The van der Waals surface area contributed by atoms with Gasteiger partial charge in [0.2, 0.25) is 0 Å². The molecule has 0 aromatic carbocycles. The average molecular weight is 1020 g/mol. The van der Waals surface area contributed by atoms with Gasteiger partial charge < -0.3 is 44.8 Å². The van der Waals surface area contributed by atoms with Crippen LogP contribution in [0.1, 0.15) is 172 Å². The SMILES string of the molecule is CC(=O)O[C@@]12C[C@@H](C)[C@@]3(O)[C@@H](C=C(CO)C[C@]4(O)C(=O)C(C)=C[C@@H]34)[C@@H]1C2(C)C.CCCCCCCCCCCC(=O)O[C@@]12C[C@@H](C)[C@@]3(O)[C@@H](C=C(CO)C[C@]4(O)C(=O)C(C)=C[C@@H]34)[C@@H]1[C@@]2(C)COC(=O)C(C)CC. The van der Waals surface area contributed by atoms with Crippen molar-refractivity contribution in [3.05, 3.63) is 46.6 Å². The number of hydrogen-bond donors (Lipinski definition) is 6. The van der Waals surface area contributed by atoms with Crippen molar-refractivity contribution >= 4 is 29.5 Å². The largest absolute Gasteiger partial charge is 0.465 e. The van der Waals surface area contributed by atoms with E-state index in [-0.39, 0.29) is 79.5 Å². The highest BCUT2D eigenvalue weighted by Gasteiger charge is 2.86. The summed E-state index contributed by atoms with van der Waals surface area (Å²) in [5.74, 6) is -6.18. The highest BCUT2D eigenvalue weighted by molar-refractivity contribution is 6.05. The number of fused-ring (bicyclic) bond motifs is 10. The van der Waals surface area contributed by atoms with Gasteiger partial charge in [-0.05, 0) is 73.7 Å². The molecule has 0 aromatic heterocycles. The summed E-state index contributed by atoms with van der Waals surface area (Å²) >= 11 is 0. The lowest BCUT2D eigenvalue weighted by Crippen LogP contribution is -2.61. The van der Waals surface area contributed by atoms with E-state index in [1.54, 1.807) is 32.1 Å². The van der Waals surface area contributed by atoms with E-state index in [9.17, 15) is 54.6 Å². The van der Waals surface area contributed by atoms with Crippen LogP contribution in [0, 0.1) is 64.1 Å². The van der Waals surface area contributed by atoms with Crippen LogP contribution in [0.3, 0.4) is 0 Å². The number of ketones is 2. The van der Waals surface area contributed by atoms with E-state index in [0.29, 0.717) is 48.0 Å². The van der Waals surface area contributed by atoms with E-state index < -0.39 is 80.3 Å². The molecule has 4 fully saturated rings. The van der Waals surface area contributed by atoms with Crippen molar-refractivity contribution < 1.29 is 68.8 Å². The quantitative estimate of drug-likeness (QED) is 0.0337. The molecule has 0 bridgehead atoms. The van der Waals surface area contributed by atoms with Gasteiger partial charge >= 0.3 is 17.9 Å². The fraction of sp³-hybridized carbons (Fsp3) is 0.780. The van der Waals surface area contributed by atoms with Crippen molar-refractivity contribution in [3.8, 4) is 0 Å². The Hall–Kier alpha value is -3.53. The number of unbranched alkanes of at least 4 members (excludes halogenated alkanes) is 8. The third-order valence-electron chi connectivity index (χ3n) is 20.2. The maximum Gasteiger partial charge on any atom is 0.308 e. The Bertz CT molecular complexity index is 2310. The average Bonchev–Trinajstić information content (AvgIpc) is 3.97. The molecule has 4 saturated carbocycles. The Balaban J connectivity index is 0.000000237. The summed E-state index contributed by atoms with van der Waals surface area (Å²) in [5.41, 5.74) is -7.52. The molecule has 14 nitrogen and oxygen atoms in total. The predicted molar refractivity (Wildman–Crippen MR) is 273 cm³/mol. The maximum absolute atomic E-state index is 13.4. The third-order valence-corrected chi connectivity index (χ3v) is 20.2. The van der Waals surface area contributed by atoms with Crippen LogP contribution in [0.5, 0.6) is 0 Å². The van der Waals surface area contributed by atoms with E-state index in [2.05, 4.69) is 6.92 Å². The monoisotopic (exact) mass is 1020 g/mol. The molecular formula is C59H88O14. The second kappa shape index (κ2) is 20.4. The molecule has 0 heterocycles. The van der Waals surface area contributed by atoms with Crippen LogP contribution < -0.4 is 0 Å². The molecule has 8 aliphatic rings. The maximum atomic E-state index is 13.4. The Kier molecular flexibility index (Phi) is 16.0. The van der Waals surface area contributed by atoms with Crippen molar-refractivity contribution in [1.29, 1.82) is 0 Å². The zero-order chi connectivity index (χ0) is 54.1. The number of Topliss-reactive ketones (excluding diaryl/α,β-unsaturated/α-hetero) is 2. The van der Waals surface area contributed by atoms with Gasteiger partial charge in [-0.1, -0.05) is 131 Å². The molecule has 8 aliphatic carbocycles. The molecular weight excluding hydrogens is 933 g/mol. The Morgan fingerprint density at radius 3 is 1.58 bits per heavy atom. The van der Waals surface area contributed by atoms with E-state index in [0.717, 1.165) is 19.3 Å². The first-order valence-electron chi connectivity index (χ1n) is 27.7. The van der Waals surface area contributed by atoms with Crippen LogP contribution in [0.25, 0.3) is 0 Å². The fourth-order valence-electron chi connectivity index (χ4n) is 15.8. The highest BCUT2D eigenvalue weighted by Crippen LogP contribution is 2.78. The number of esters is 3. The second-order valence-corrected chi connectivity index (χ2v) is 25.0. The van der Waals surface area contributed by atoms with E-state index >= 15 is 0 Å². The van der Waals surface area contributed by atoms with Crippen LogP contribution in [0.4, 0.5) is 0 Å². The van der Waals surface area contributed by atoms with Gasteiger partial charge in [-0.15, -0.1) is 0 Å². The summed E-state index contributed by atoms with van der Waals surface area (Å²) in [7, 11) is 0. The summed E-state index contributed by atoms with van der Waals surface area (Å²) in [6.45, 7) is 19.8. The van der Waals surface area contributed by atoms with Crippen molar-refractivity contribution in [1.82, 2.24) is 0 Å². The van der Waals surface area contributed by atoms with Crippen LogP contribution in [-0.4, -0.2) is 114 Å². The molecule has 6 N–H and O–H groups in total. The van der Waals surface area contributed by atoms with E-state index in [1.165, 1.54) is 45.4 Å².